The summed E-state index contributed by atoms with van der Waals surface area (Å²) < 4.78 is 16.3. The number of pyridine rings is 2. The van der Waals surface area contributed by atoms with E-state index in [1.807, 2.05) is 0 Å². The van der Waals surface area contributed by atoms with Crippen LogP contribution in [0.4, 0.5) is 10.2 Å². The van der Waals surface area contributed by atoms with Crippen molar-refractivity contribution in [1.82, 2.24) is 14.5 Å². The Bertz CT molecular complexity index is 1230. The number of Topliss-reactive ketones (excluding diaryl/α,β-unsaturated/α-hetero) is 1. The summed E-state index contributed by atoms with van der Waals surface area (Å²) in [4.78, 5) is 46.7. The number of carbonyl (C=O) groups excluding carboxylic acids is 1. The van der Waals surface area contributed by atoms with Gasteiger partial charge in [-0.15, -0.1) is 11.3 Å². The fraction of sp³-hybridized carbons (Fsp3) is 0.409. The molecule has 0 amide bonds. The summed E-state index contributed by atoms with van der Waals surface area (Å²) in [6.45, 7) is 4.97. The Kier molecular flexibility index (Phi) is 6.05. The molecule has 1 N–H and O–H groups in total. The van der Waals surface area contributed by atoms with E-state index in [0.717, 1.165) is 25.1 Å². The van der Waals surface area contributed by atoms with E-state index in [0.29, 0.717) is 30.6 Å². The van der Waals surface area contributed by atoms with E-state index in [2.05, 4.69) is 23.8 Å². The van der Waals surface area contributed by atoms with E-state index in [1.54, 1.807) is 16.5 Å². The lowest BCUT2D eigenvalue weighted by molar-refractivity contribution is -0.123. The number of aromatic carboxylic acids is 1. The van der Waals surface area contributed by atoms with Gasteiger partial charge in [0.2, 0.25) is 5.43 Å². The minimum Gasteiger partial charge on any atom is -0.477 e. The molecule has 8 nitrogen and oxygen atoms in total. The molecule has 1 aliphatic rings. The minimum absolute atomic E-state index is 0.0384. The van der Waals surface area contributed by atoms with Crippen LogP contribution in [0.25, 0.3) is 16.2 Å². The Hall–Kier alpha value is -3.14. The summed E-state index contributed by atoms with van der Waals surface area (Å²) in [5, 5.41) is 11.4. The average Bonchev–Trinajstić information content (AvgIpc) is 3.22. The van der Waals surface area contributed by atoms with Gasteiger partial charge in [-0.2, -0.15) is 0 Å². The van der Waals surface area contributed by atoms with E-state index in [1.165, 1.54) is 15.9 Å². The first-order chi connectivity index (χ1) is 15.3. The topological polar surface area (TPSA) is 105 Å². The summed E-state index contributed by atoms with van der Waals surface area (Å²) in [5.41, 5.74) is -1.17. The van der Waals surface area contributed by atoms with Crippen molar-refractivity contribution in [2.75, 3.05) is 18.0 Å². The molecule has 10 heteroatoms. The second-order valence-corrected chi connectivity index (χ2v) is 9.25. The van der Waals surface area contributed by atoms with Crippen LogP contribution in [0.15, 0.2) is 28.6 Å². The first-order valence-corrected chi connectivity index (χ1v) is 11.3. The van der Waals surface area contributed by atoms with Crippen molar-refractivity contribution in [3.05, 3.63) is 45.4 Å². The molecule has 0 aromatic carbocycles. The quantitative estimate of drug-likeness (QED) is 0.551. The Balaban J connectivity index is 1.65. The number of thiazole rings is 1. The summed E-state index contributed by atoms with van der Waals surface area (Å²) >= 11 is 1.23. The van der Waals surface area contributed by atoms with Crippen molar-refractivity contribution < 1.29 is 19.1 Å². The standard InChI is InChI=1S/C22H23FN4O4S/c1-12(2)4-3-5-17(28)13-9-26(10-13)20-16(23)8-14-18(29)15(21(30)31)11-27(19(14)25-20)22-24-6-7-32-22/h6-8,11-13H,3-5,9-10H2,1-2H3,(H,30,31). The molecule has 0 atom stereocenters. The average molecular weight is 459 g/mol. The normalized spacial score (nSPS) is 14.2. The van der Waals surface area contributed by atoms with Crippen LogP contribution in [0.5, 0.6) is 0 Å². The van der Waals surface area contributed by atoms with Crippen molar-refractivity contribution in [3.63, 3.8) is 0 Å². The fourth-order valence-corrected chi connectivity index (χ4v) is 4.43. The summed E-state index contributed by atoms with van der Waals surface area (Å²) in [7, 11) is 0. The summed E-state index contributed by atoms with van der Waals surface area (Å²) in [6.07, 6.45) is 5.07. The Morgan fingerprint density at radius 3 is 2.72 bits per heavy atom. The number of rotatable bonds is 8. The maximum absolute atomic E-state index is 14.9. The highest BCUT2D eigenvalue weighted by Gasteiger charge is 2.35. The number of hydrogen-bond donors (Lipinski definition) is 1. The molecule has 0 unspecified atom stereocenters. The van der Waals surface area contributed by atoms with Gasteiger partial charge in [-0.3, -0.25) is 14.2 Å². The van der Waals surface area contributed by atoms with Gasteiger partial charge in [-0.1, -0.05) is 20.3 Å². The SMILES string of the molecule is CC(C)CCCC(=O)C1CN(c2nc3c(cc2F)c(=O)c(C(=O)O)cn3-c2nccs2)C1. The van der Waals surface area contributed by atoms with Crippen molar-refractivity contribution in [2.45, 2.75) is 33.1 Å². The lowest BCUT2D eigenvalue weighted by Gasteiger charge is -2.39. The maximum atomic E-state index is 14.9. The van der Waals surface area contributed by atoms with Crippen LogP contribution in [0.2, 0.25) is 0 Å². The molecule has 4 rings (SSSR count). The van der Waals surface area contributed by atoms with E-state index in [4.69, 9.17) is 0 Å². The number of ketones is 1. The van der Waals surface area contributed by atoms with Gasteiger partial charge < -0.3 is 10.0 Å². The highest BCUT2D eigenvalue weighted by Crippen LogP contribution is 2.30. The second-order valence-electron chi connectivity index (χ2n) is 8.38. The minimum atomic E-state index is -1.41. The predicted octanol–water partition coefficient (Wildman–Crippen LogP) is 3.51. The molecule has 0 radical (unpaired) electrons. The molecule has 0 spiro atoms. The van der Waals surface area contributed by atoms with Crippen molar-refractivity contribution in [3.8, 4) is 5.13 Å². The molecule has 3 aromatic rings. The van der Waals surface area contributed by atoms with Crippen LogP contribution in [0.3, 0.4) is 0 Å². The molecular formula is C22H23FN4O4S. The van der Waals surface area contributed by atoms with Gasteiger partial charge in [-0.05, 0) is 18.4 Å². The van der Waals surface area contributed by atoms with Gasteiger partial charge in [-0.25, -0.2) is 19.2 Å². The van der Waals surface area contributed by atoms with Crippen LogP contribution < -0.4 is 10.3 Å². The number of halogens is 1. The Labute approximate surface area is 187 Å². The van der Waals surface area contributed by atoms with Gasteiger partial charge >= 0.3 is 5.97 Å². The number of carboxylic acids is 1. The van der Waals surface area contributed by atoms with Crippen LogP contribution in [0.1, 0.15) is 43.5 Å². The monoisotopic (exact) mass is 458 g/mol. The first kappa shape index (κ1) is 22.1. The number of carboxylic acid groups (broad SMARTS) is 1. The van der Waals surface area contributed by atoms with Crippen LogP contribution in [-0.2, 0) is 4.79 Å². The van der Waals surface area contributed by atoms with Crippen LogP contribution in [0, 0.1) is 17.7 Å². The molecule has 0 aliphatic carbocycles. The zero-order chi connectivity index (χ0) is 23.0. The first-order valence-electron chi connectivity index (χ1n) is 10.4. The number of hydrogen-bond acceptors (Lipinski definition) is 7. The summed E-state index contributed by atoms with van der Waals surface area (Å²) in [5.74, 6) is -1.53. The molecule has 168 valence electrons. The Morgan fingerprint density at radius 2 is 2.09 bits per heavy atom. The summed E-state index contributed by atoms with van der Waals surface area (Å²) in [6, 6.07) is 1.02. The van der Waals surface area contributed by atoms with Crippen molar-refractivity contribution in [2.24, 2.45) is 11.8 Å². The molecule has 32 heavy (non-hydrogen) atoms. The van der Waals surface area contributed by atoms with Gasteiger partial charge in [0.1, 0.15) is 11.3 Å². The smallest absolute Gasteiger partial charge is 0.341 e. The third-order valence-corrected chi connectivity index (χ3v) is 6.38. The highest BCUT2D eigenvalue weighted by atomic mass is 32.1. The predicted molar refractivity (Wildman–Crippen MR) is 119 cm³/mol. The third-order valence-electron chi connectivity index (χ3n) is 5.61. The van der Waals surface area contributed by atoms with E-state index >= 15 is 0 Å². The highest BCUT2D eigenvalue weighted by molar-refractivity contribution is 7.12. The van der Waals surface area contributed by atoms with Crippen LogP contribution >= 0.6 is 11.3 Å². The van der Waals surface area contributed by atoms with Gasteiger partial charge in [0, 0.05) is 37.3 Å². The molecule has 1 aliphatic heterocycles. The van der Waals surface area contributed by atoms with Gasteiger partial charge in [0.25, 0.3) is 0 Å². The molecule has 1 saturated heterocycles. The zero-order valence-corrected chi connectivity index (χ0v) is 18.6. The number of anilines is 1. The van der Waals surface area contributed by atoms with Crippen molar-refractivity contribution >= 4 is 39.9 Å². The van der Waals surface area contributed by atoms with Crippen LogP contribution in [-0.4, -0.2) is 44.5 Å². The van der Waals surface area contributed by atoms with E-state index in [-0.39, 0.29) is 28.6 Å². The second kappa shape index (κ2) is 8.78. The number of carbonyl (C=O) groups is 2. The maximum Gasteiger partial charge on any atom is 0.341 e. The molecular weight excluding hydrogens is 435 g/mol. The molecule has 4 heterocycles. The third kappa shape index (κ3) is 4.14. The molecule has 1 fully saturated rings. The van der Waals surface area contributed by atoms with E-state index in [9.17, 15) is 23.9 Å². The zero-order valence-electron chi connectivity index (χ0n) is 17.7. The van der Waals surface area contributed by atoms with Gasteiger partial charge in [0.15, 0.2) is 22.4 Å². The number of nitrogens with zero attached hydrogens (tertiary/aromatic N) is 4. The lowest BCUT2D eigenvalue weighted by Crippen LogP contribution is -2.51. The molecule has 0 bridgehead atoms. The number of fused-ring (bicyclic) bond motifs is 1. The largest absolute Gasteiger partial charge is 0.477 e. The Morgan fingerprint density at radius 1 is 1.34 bits per heavy atom. The number of aromatic nitrogens is 3. The van der Waals surface area contributed by atoms with Gasteiger partial charge in [0.05, 0.1) is 11.3 Å². The van der Waals surface area contributed by atoms with Crippen molar-refractivity contribution in [1.29, 1.82) is 0 Å². The lowest BCUT2D eigenvalue weighted by atomic mass is 9.91. The molecule has 3 aromatic heterocycles. The fourth-order valence-electron chi connectivity index (χ4n) is 3.81. The van der Waals surface area contributed by atoms with E-state index < -0.39 is 22.8 Å². The molecule has 0 saturated carbocycles.